The van der Waals surface area contributed by atoms with Gasteiger partial charge in [0.05, 0.1) is 0 Å². The molecule has 1 N–H and O–H groups in total. The molecule has 1 aliphatic heterocycles. The zero-order chi connectivity index (χ0) is 20.5. The minimum absolute atomic E-state index is 0.0939. The fraction of sp³-hybridized carbons (Fsp3) is 0.143. The summed E-state index contributed by atoms with van der Waals surface area (Å²) < 4.78 is 17.7. The summed E-state index contributed by atoms with van der Waals surface area (Å²) in [5.41, 5.74) is 2.00. The zero-order valence-corrected chi connectivity index (χ0v) is 16.0. The lowest BCUT2D eigenvalue weighted by atomic mass is 10.2. The lowest BCUT2D eigenvalue weighted by Gasteiger charge is -2.07. The van der Waals surface area contributed by atoms with Crippen molar-refractivity contribution >= 4 is 11.6 Å². The molecule has 2 aromatic carbocycles. The number of ether oxygens (including phenoxy) is 2. The summed E-state index contributed by atoms with van der Waals surface area (Å²) in [7, 11) is 0. The molecule has 9 heteroatoms. The highest BCUT2D eigenvalue weighted by atomic mass is 16.7. The first-order chi connectivity index (χ1) is 14.7. The van der Waals surface area contributed by atoms with Crippen LogP contribution in [0.3, 0.4) is 0 Å². The van der Waals surface area contributed by atoms with E-state index in [2.05, 4.69) is 20.4 Å². The second kappa shape index (κ2) is 7.36. The molecule has 0 aliphatic carbocycles. The van der Waals surface area contributed by atoms with Crippen molar-refractivity contribution < 1.29 is 18.8 Å². The number of hydrogen-bond acceptors (Lipinski definition) is 7. The molecule has 0 bridgehead atoms. The van der Waals surface area contributed by atoms with E-state index in [4.69, 9.17) is 14.0 Å². The first-order valence-electron chi connectivity index (χ1n) is 9.28. The molecule has 2 aromatic heterocycles. The van der Waals surface area contributed by atoms with Crippen LogP contribution in [0.15, 0.2) is 59.3 Å². The Hall–Kier alpha value is -4.14. The van der Waals surface area contributed by atoms with Crippen LogP contribution in [0.5, 0.6) is 11.5 Å². The van der Waals surface area contributed by atoms with Crippen molar-refractivity contribution in [2.75, 3.05) is 12.1 Å². The van der Waals surface area contributed by atoms with Gasteiger partial charge in [-0.3, -0.25) is 4.79 Å². The molecule has 0 radical (unpaired) electrons. The van der Waals surface area contributed by atoms with Gasteiger partial charge in [0.25, 0.3) is 5.89 Å². The number of carbonyl (C=O) groups excluding carboxylic acids is 1. The molecule has 0 fully saturated rings. The van der Waals surface area contributed by atoms with Crippen LogP contribution < -0.4 is 14.8 Å². The highest BCUT2D eigenvalue weighted by Gasteiger charge is 2.17. The smallest absolute Gasteiger partial charge is 0.258 e. The number of aromatic nitrogens is 4. The average molecular weight is 403 g/mol. The summed E-state index contributed by atoms with van der Waals surface area (Å²) in [5, 5.41) is 6.86. The first kappa shape index (κ1) is 17.9. The van der Waals surface area contributed by atoms with Gasteiger partial charge in [-0.1, -0.05) is 23.4 Å². The van der Waals surface area contributed by atoms with Crippen LogP contribution in [0.4, 0.5) is 5.69 Å². The van der Waals surface area contributed by atoms with E-state index in [1.165, 1.54) is 0 Å². The van der Waals surface area contributed by atoms with Gasteiger partial charge in [-0.05, 0) is 31.2 Å². The first-order valence-corrected chi connectivity index (χ1v) is 9.28. The van der Waals surface area contributed by atoms with Crippen LogP contribution in [0.25, 0.3) is 23.0 Å². The number of benzene rings is 2. The van der Waals surface area contributed by atoms with Crippen molar-refractivity contribution in [3.05, 3.63) is 60.6 Å². The standard InChI is InChI=1S/C21H17N5O4/c1-13-22-16(20-24-21(30-25-20)14-5-3-2-4-6-14)10-26(13)11-19(27)23-15-7-8-17-18(9-15)29-12-28-17/h2-10H,11-12H2,1H3,(H,23,27). The molecule has 3 heterocycles. The van der Waals surface area contributed by atoms with E-state index < -0.39 is 0 Å². The maximum Gasteiger partial charge on any atom is 0.258 e. The molecule has 1 aliphatic rings. The quantitative estimate of drug-likeness (QED) is 0.545. The van der Waals surface area contributed by atoms with Crippen molar-refractivity contribution in [3.63, 3.8) is 0 Å². The molecule has 0 saturated heterocycles. The van der Waals surface area contributed by atoms with Crippen LogP contribution in [0.2, 0.25) is 0 Å². The number of aryl methyl sites for hydroxylation is 1. The lowest BCUT2D eigenvalue weighted by Crippen LogP contribution is -2.19. The van der Waals surface area contributed by atoms with Crippen LogP contribution in [0.1, 0.15) is 5.82 Å². The Labute approximate surface area is 171 Å². The molecule has 0 unspecified atom stereocenters. The molecule has 5 rings (SSSR count). The predicted molar refractivity (Wildman–Crippen MR) is 107 cm³/mol. The Morgan fingerprint density at radius 3 is 2.80 bits per heavy atom. The largest absolute Gasteiger partial charge is 0.454 e. The second-order valence-electron chi connectivity index (χ2n) is 6.71. The molecule has 0 atom stereocenters. The van der Waals surface area contributed by atoms with Crippen molar-refractivity contribution in [2.45, 2.75) is 13.5 Å². The van der Waals surface area contributed by atoms with E-state index in [9.17, 15) is 4.79 Å². The van der Waals surface area contributed by atoms with Gasteiger partial charge < -0.3 is 23.9 Å². The number of rotatable bonds is 5. The van der Waals surface area contributed by atoms with Gasteiger partial charge in [0, 0.05) is 23.5 Å². The van der Waals surface area contributed by atoms with Gasteiger partial charge in [0.1, 0.15) is 18.1 Å². The molecule has 4 aromatic rings. The minimum atomic E-state index is -0.195. The van der Waals surface area contributed by atoms with E-state index in [1.54, 1.807) is 29.0 Å². The average Bonchev–Trinajstić information content (AvgIpc) is 3.48. The SMILES string of the molecule is Cc1nc(-c2noc(-c3ccccc3)n2)cn1CC(=O)Nc1ccc2c(c1)OCO2. The maximum absolute atomic E-state index is 12.5. The Morgan fingerprint density at radius 1 is 1.10 bits per heavy atom. The molecule has 0 spiro atoms. The Balaban J connectivity index is 1.30. The topological polar surface area (TPSA) is 104 Å². The van der Waals surface area contributed by atoms with Gasteiger partial charge in [0.2, 0.25) is 18.5 Å². The van der Waals surface area contributed by atoms with E-state index in [0.717, 1.165) is 5.56 Å². The van der Waals surface area contributed by atoms with Crippen molar-refractivity contribution in [3.8, 4) is 34.5 Å². The summed E-state index contributed by atoms with van der Waals surface area (Å²) in [4.78, 5) is 21.3. The van der Waals surface area contributed by atoms with E-state index in [-0.39, 0.29) is 19.2 Å². The van der Waals surface area contributed by atoms with Crippen molar-refractivity contribution in [2.24, 2.45) is 0 Å². The van der Waals surface area contributed by atoms with Crippen molar-refractivity contribution in [1.82, 2.24) is 19.7 Å². The minimum Gasteiger partial charge on any atom is -0.454 e. The van der Waals surface area contributed by atoms with Crippen molar-refractivity contribution in [1.29, 1.82) is 0 Å². The van der Waals surface area contributed by atoms with Gasteiger partial charge in [0.15, 0.2) is 11.5 Å². The number of nitrogens with zero attached hydrogens (tertiary/aromatic N) is 4. The number of amides is 1. The Kier molecular flexibility index (Phi) is 4.40. The third-order valence-corrected chi connectivity index (χ3v) is 4.62. The predicted octanol–water partition coefficient (Wildman–Crippen LogP) is 3.28. The van der Waals surface area contributed by atoms with E-state index in [0.29, 0.717) is 40.4 Å². The molecule has 30 heavy (non-hydrogen) atoms. The van der Waals surface area contributed by atoms with Gasteiger partial charge in [-0.25, -0.2) is 4.98 Å². The van der Waals surface area contributed by atoms with Crippen LogP contribution in [-0.2, 0) is 11.3 Å². The van der Waals surface area contributed by atoms with Gasteiger partial charge in [-0.15, -0.1) is 0 Å². The summed E-state index contributed by atoms with van der Waals surface area (Å²) in [6.07, 6.45) is 1.73. The lowest BCUT2D eigenvalue weighted by molar-refractivity contribution is -0.116. The molecular weight excluding hydrogens is 386 g/mol. The summed E-state index contributed by atoms with van der Waals surface area (Å²) >= 11 is 0. The van der Waals surface area contributed by atoms with Crippen LogP contribution >= 0.6 is 0 Å². The third-order valence-electron chi connectivity index (χ3n) is 4.62. The zero-order valence-electron chi connectivity index (χ0n) is 16.0. The fourth-order valence-electron chi connectivity index (χ4n) is 3.13. The highest BCUT2D eigenvalue weighted by molar-refractivity contribution is 5.91. The number of nitrogens with one attached hydrogen (secondary N) is 1. The van der Waals surface area contributed by atoms with Crippen LogP contribution in [-0.4, -0.2) is 32.4 Å². The summed E-state index contributed by atoms with van der Waals surface area (Å²) in [6.45, 7) is 2.10. The maximum atomic E-state index is 12.5. The molecular formula is C21H17N5O4. The van der Waals surface area contributed by atoms with Gasteiger partial charge in [-0.2, -0.15) is 4.98 Å². The van der Waals surface area contributed by atoms with E-state index >= 15 is 0 Å². The normalized spacial score (nSPS) is 12.2. The summed E-state index contributed by atoms with van der Waals surface area (Å²) in [6, 6.07) is 14.8. The van der Waals surface area contributed by atoms with E-state index in [1.807, 2.05) is 37.3 Å². The Bertz CT molecular complexity index is 1220. The Morgan fingerprint density at radius 2 is 1.93 bits per heavy atom. The van der Waals surface area contributed by atoms with Crippen LogP contribution in [0, 0.1) is 6.92 Å². The molecule has 0 saturated carbocycles. The number of anilines is 1. The molecule has 9 nitrogen and oxygen atoms in total. The summed E-state index contributed by atoms with van der Waals surface area (Å²) in [5.74, 6) is 2.53. The number of hydrogen-bond donors (Lipinski definition) is 1. The number of carbonyl (C=O) groups is 1. The molecule has 150 valence electrons. The molecule has 1 amide bonds. The number of fused-ring (bicyclic) bond motifs is 1. The monoisotopic (exact) mass is 403 g/mol. The third kappa shape index (κ3) is 3.48. The highest BCUT2D eigenvalue weighted by Crippen LogP contribution is 2.34. The van der Waals surface area contributed by atoms with Gasteiger partial charge >= 0.3 is 0 Å². The second-order valence-corrected chi connectivity index (χ2v) is 6.71. The number of imidazole rings is 1. The fourth-order valence-corrected chi connectivity index (χ4v) is 3.13.